The second kappa shape index (κ2) is 10.4. The number of amides is 2. The SMILES string of the molecule is CC[C@@]1(CCCCc2ccc3c(c2)[C@@H](C)CC(C)(C)O3)CC(=O)N([C@@H]2CC(F)(F)c3ccc(C(N)=O)cc32)C(N)=N1. The van der Waals surface area contributed by atoms with Crippen LogP contribution in [0.4, 0.5) is 8.78 Å². The van der Waals surface area contributed by atoms with Gasteiger partial charge in [-0.25, -0.2) is 13.8 Å². The van der Waals surface area contributed by atoms with Gasteiger partial charge in [0.15, 0.2) is 5.96 Å². The van der Waals surface area contributed by atoms with E-state index in [9.17, 15) is 18.4 Å². The van der Waals surface area contributed by atoms with Gasteiger partial charge in [-0.2, -0.15) is 0 Å². The molecule has 2 aromatic carbocycles. The average Bonchev–Trinajstić information content (AvgIpc) is 3.15. The molecular weight excluding hydrogens is 526 g/mol. The maximum Gasteiger partial charge on any atom is 0.275 e. The van der Waals surface area contributed by atoms with E-state index in [2.05, 4.69) is 39.0 Å². The molecule has 1 aliphatic carbocycles. The number of guanidine groups is 1. The molecule has 0 saturated carbocycles. The number of ether oxygens (including phenoxy) is 1. The molecule has 5 rings (SSSR count). The Balaban J connectivity index is 1.27. The number of carbonyl (C=O) groups excluding carboxylic acids is 2. The zero-order chi connectivity index (χ0) is 29.7. The van der Waals surface area contributed by atoms with Gasteiger partial charge in [0.1, 0.15) is 11.4 Å². The zero-order valence-electron chi connectivity index (χ0n) is 24.3. The molecule has 0 unspecified atom stereocenters. The molecule has 0 aromatic heterocycles. The molecule has 2 amide bonds. The van der Waals surface area contributed by atoms with Crippen LogP contribution >= 0.6 is 0 Å². The Hall–Kier alpha value is -3.49. The van der Waals surface area contributed by atoms with Crippen molar-refractivity contribution in [1.29, 1.82) is 0 Å². The van der Waals surface area contributed by atoms with Crippen LogP contribution in [0.15, 0.2) is 41.4 Å². The summed E-state index contributed by atoms with van der Waals surface area (Å²) in [6, 6.07) is 9.29. The summed E-state index contributed by atoms with van der Waals surface area (Å²) in [5, 5.41) is 0. The molecule has 220 valence electrons. The fourth-order valence-electron chi connectivity index (χ4n) is 6.91. The molecule has 0 bridgehead atoms. The number of rotatable bonds is 8. The quantitative estimate of drug-likeness (QED) is 0.376. The third-order valence-electron chi connectivity index (χ3n) is 9.00. The molecule has 2 aromatic rings. The Morgan fingerprint density at radius 3 is 2.56 bits per heavy atom. The highest BCUT2D eigenvalue weighted by atomic mass is 19.3. The molecule has 0 spiro atoms. The Kier molecular flexibility index (Phi) is 7.37. The van der Waals surface area contributed by atoms with E-state index in [-0.39, 0.29) is 40.6 Å². The van der Waals surface area contributed by atoms with Crippen LogP contribution in [0.25, 0.3) is 0 Å². The van der Waals surface area contributed by atoms with Gasteiger partial charge < -0.3 is 16.2 Å². The highest BCUT2D eigenvalue weighted by Crippen LogP contribution is 2.51. The van der Waals surface area contributed by atoms with Crippen LogP contribution in [0, 0.1) is 0 Å². The first-order valence-corrected chi connectivity index (χ1v) is 14.6. The number of nitrogens with zero attached hydrogens (tertiary/aromatic N) is 2. The topological polar surface area (TPSA) is 111 Å². The van der Waals surface area contributed by atoms with Crippen molar-refractivity contribution >= 4 is 17.8 Å². The van der Waals surface area contributed by atoms with E-state index >= 15 is 0 Å². The summed E-state index contributed by atoms with van der Waals surface area (Å²) in [5.41, 5.74) is 13.5. The number of nitrogens with two attached hydrogens (primary N) is 2. The second-order valence-electron chi connectivity index (χ2n) is 12.6. The van der Waals surface area contributed by atoms with E-state index in [0.717, 1.165) is 31.4 Å². The van der Waals surface area contributed by atoms with E-state index in [0.29, 0.717) is 18.8 Å². The van der Waals surface area contributed by atoms with Gasteiger partial charge in [0.05, 0.1) is 18.0 Å². The maximum atomic E-state index is 14.9. The van der Waals surface area contributed by atoms with E-state index in [1.165, 1.54) is 34.2 Å². The summed E-state index contributed by atoms with van der Waals surface area (Å²) in [4.78, 5) is 31.2. The first-order valence-electron chi connectivity index (χ1n) is 14.6. The third-order valence-corrected chi connectivity index (χ3v) is 9.00. The smallest absolute Gasteiger partial charge is 0.275 e. The summed E-state index contributed by atoms with van der Waals surface area (Å²) >= 11 is 0. The fraction of sp³-hybridized carbons (Fsp3) is 0.531. The van der Waals surface area contributed by atoms with Crippen molar-refractivity contribution in [2.45, 2.75) is 108 Å². The lowest BCUT2D eigenvalue weighted by molar-refractivity contribution is -0.132. The standard InChI is InChI=1S/C32H40F2N4O3/c1-5-31(13-7-6-8-20-9-12-26-22(14-20)19(2)16-30(3,4)41-26)18-27(39)38(29(36)37-31)25-17-32(33,34)24-11-10-21(28(35)40)15-23(24)25/h9-12,14-15,19,25H,5-8,13,16-18H2,1-4H3,(H2,35,40)(H2,36,37)/t19-,25+,31+/m0/s1. The molecular formula is C32H40F2N4O3. The van der Waals surface area contributed by atoms with Gasteiger partial charge in [0, 0.05) is 17.5 Å². The predicted octanol–water partition coefficient (Wildman–Crippen LogP) is 6.10. The second-order valence-corrected chi connectivity index (χ2v) is 12.6. The van der Waals surface area contributed by atoms with Crippen molar-refractivity contribution in [3.63, 3.8) is 0 Å². The van der Waals surface area contributed by atoms with Crippen molar-refractivity contribution in [2.75, 3.05) is 0 Å². The normalized spacial score (nSPS) is 26.1. The Labute approximate surface area is 240 Å². The number of fused-ring (bicyclic) bond motifs is 2. The van der Waals surface area contributed by atoms with Crippen LogP contribution in [-0.4, -0.2) is 33.8 Å². The van der Waals surface area contributed by atoms with Crippen LogP contribution < -0.4 is 16.2 Å². The van der Waals surface area contributed by atoms with Gasteiger partial charge in [0.25, 0.3) is 5.92 Å². The minimum atomic E-state index is -3.16. The highest BCUT2D eigenvalue weighted by Gasteiger charge is 2.51. The molecule has 2 heterocycles. The minimum absolute atomic E-state index is 0.0483. The summed E-state index contributed by atoms with van der Waals surface area (Å²) in [5.74, 6) is -2.87. The van der Waals surface area contributed by atoms with Crippen molar-refractivity contribution in [3.05, 3.63) is 64.2 Å². The number of hydrogen-bond acceptors (Lipinski definition) is 5. The lowest BCUT2D eigenvalue weighted by Crippen LogP contribution is -2.52. The minimum Gasteiger partial charge on any atom is -0.488 e. The van der Waals surface area contributed by atoms with Crippen molar-refractivity contribution in [2.24, 2.45) is 16.5 Å². The molecule has 7 nitrogen and oxygen atoms in total. The molecule has 3 atom stereocenters. The van der Waals surface area contributed by atoms with Gasteiger partial charge in [-0.3, -0.25) is 14.5 Å². The van der Waals surface area contributed by atoms with Gasteiger partial charge in [0.2, 0.25) is 11.8 Å². The number of alkyl halides is 2. The van der Waals surface area contributed by atoms with Crippen molar-refractivity contribution in [1.82, 2.24) is 4.90 Å². The van der Waals surface area contributed by atoms with Crippen LogP contribution in [0.3, 0.4) is 0 Å². The Morgan fingerprint density at radius 2 is 1.88 bits per heavy atom. The molecule has 0 fully saturated rings. The highest BCUT2D eigenvalue weighted by molar-refractivity contribution is 6.00. The van der Waals surface area contributed by atoms with Crippen molar-refractivity contribution < 1.29 is 23.1 Å². The predicted molar refractivity (Wildman–Crippen MR) is 154 cm³/mol. The number of hydrogen-bond donors (Lipinski definition) is 2. The number of benzene rings is 2. The average molecular weight is 567 g/mol. The summed E-state index contributed by atoms with van der Waals surface area (Å²) in [6.45, 7) is 8.46. The number of carbonyl (C=O) groups is 2. The largest absolute Gasteiger partial charge is 0.488 e. The maximum absolute atomic E-state index is 14.9. The summed E-state index contributed by atoms with van der Waals surface area (Å²) in [7, 11) is 0. The van der Waals surface area contributed by atoms with Gasteiger partial charge in [-0.15, -0.1) is 0 Å². The van der Waals surface area contributed by atoms with Crippen LogP contribution in [0.1, 0.15) is 117 Å². The molecule has 0 radical (unpaired) electrons. The first kappa shape index (κ1) is 29.0. The Bertz CT molecular complexity index is 1410. The third kappa shape index (κ3) is 5.55. The van der Waals surface area contributed by atoms with E-state index < -0.39 is 29.8 Å². The molecule has 0 saturated heterocycles. The van der Waals surface area contributed by atoms with Crippen molar-refractivity contribution in [3.8, 4) is 5.75 Å². The Morgan fingerprint density at radius 1 is 1.12 bits per heavy atom. The monoisotopic (exact) mass is 566 g/mol. The van der Waals surface area contributed by atoms with Gasteiger partial charge >= 0.3 is 0 Å². The summed E-state index contributed by atoms with van der Waals surface area (Å²) < 4.78 is 36.0. The molecule has 4 N–H and O–H groups in total. The molecule has 9 heteroatoms. The van der Waals surface area contributed by atoms with E-state index in [1.54, 1.807) is 0 Å². The van der Waals surface area contributed by atoms with Crippen LogP contribution in [0.5, 0.6) is 5.75 Å². The van der Waals surface area contributed by atoms with Gasteiger partial charge in [-0.1, -0.05) is 38.5 Å². The molecule has 3 aliphatic rings. The lowest BCUT2D eigenvalue weighted by atomic mass is 9.83. The number of primary amides is 1. The number of aliphatic imine (C=N–C) groups is 1. The fourth-order valence-corrected chi connectivity index (χ4v) is 6.91. The summed E-state index contributed by atoms with van der Waals surface area (Å²) in [6.07, 6.45) is 4.41. The van der Waals surface area contributed by atoms with E-state index in [4.69, 9.17) is 21.2 Å². The molecule has 41 heavy (non-hydrogen) atoms. The van der Waals surface area contributed by atoms with Gasteiger partial charge in [-0.05, 0) is 86.8 Å². The number of halogens is 2. The lowest BCUT2D eigenvalue weighted by Gasteiger charge is -2.39. The van der Waals surface area contributed by atoms with Crippen LogP contribution in [-0.2, 0) is 17.1 Å². The zero-order valence-corrected chi connectivity index (χ0v) is 24.3. The number of unbranched alkanes of at least 4 members (excludes halogenated alkanes) is 1. The number of aryl methyl sites for hydroxylation is 1. The van der Waals surface area contributed by atoms with Crippen LogP contribution in [0.2, 0.25) is 0 Å². The molecule has 2 aliphatic heterocycles. The van der Waals surface area contributed by atoms with E-state index in [1.807, 2.05) is 6.92 Å². The first-order chi connectivity index (χ1) is 19.2.